The highest BCUT2D eigenvalue weighted by Crippen LogP contribution is 2.42. The number of aryl methyl sites for hydroxylation is 2. The summed E-state index contributed by atoms with van der Waals surface area (Å²) < 4.78 is 0. The zero-order chi connectivity index (χ0) is 34.8. The molecule has 240 valence electrons. The van der Waals surface area contributed by atoms with Gasteiger partial charge in [-0.3, -0.25) is 14.5 Å². The average Bonchev–Trinajstić information content (AvgIpc) is 3.03. The van der Waals surface area contributed by atoms with E-state index in [1.165, 1.54) is 18.4 Å². The molecule has 2 fully saturated rings. The molecule has 0 atom stereocenters. The van der Waals surface area contributed by atoms with Crippen molar-refractivity contribution in [2.45, 2.75) is 83.0 Å². The van der Waals surface area contributed by atoms with Gasteiger partial charge >= 0.3 is 0 Å². The first-order valence-electron chi connectivity index (χ1n) is 16.9. The Morgan fingerprint density at radius 1 is 0.958 bits per heavy atom. The molecular weight excluding hydrogens is 607 g/mol. The number of aromatic amines is 1. The summed E-state index contributed by atoms with van der Waals surface area (Å²) >= 11 is 1.87. The lowest BCUT2D eigenvalue weighted by Gasteiger charge is -2.56. The normalized spacial score (nSPS) is 16.9. The Bertz CT molecular complexity index is 1660. The first-order valence-corrected chi connectivity index (χ1v) is 18.1. The fourth-order valence-electron chi connectivity index (χ4n) is 6.85. The van der Waals surface area contributed by atoms with Gasteiger partial charge in [-0.2, -0.15) is 11.8 Å². The van der Waals surface area contributed by atoms with Crippen LogP contribution in [0.1, 0.15) is 70.9 Å². The van der Waals surface area contributed by atoms with Crippen molar-refractivity contribution in [3.63, 3.8) is 0 Å². The number of nitrogens with one attached hydrogen (secondary N) is 2. The first kappa shape index (κ1) is 36.6. The lowest BCUT2D eigenvalue weighted by atomic mass is 9.26. The minimum Gasteiger partial charge on any atom is -0.381 e. The molecule has 2 aliphatic heterocycles. The summed E-state index contributed by atoms with van der Waals surface area (Å²) in [5.74, 6) is 2.28. The van der Waals surface area contributed by atoms with E-state index in [2.05, 4.69) is 46.4 Å². The third-order valence-corrected chi connectivity index (χ3v) is 11.1. The number of aromatic nitrogens is 1. The molecule has 0 saturated carbocycles. The van der Waals surface area contributed by atoms with Gasteiger partial charge in [0.2, 0.25) is 0 Å². The van der Waals surface area contributed by atoms with Crippen LogP contribution in [-0.4, -0.2) is 91.0 Å². The second-order valence-corrected chi connectivity index (χ2v) is 15.1. The molecule has 6 nitrogen and oxygen atoms in total. The van der Waals surface area contributed by atoms with Gasteiger partial charge in [-0.15, -0.1) is 5.11 Å². The van der Waals surface area contributed by atoms with Gasteiger partial charge in [0, 0.05) is 41.6 Å². The van der Waals surface area contributed by atoms with Gasteiger partial charge in [0.1, 0.15) is 0 Å². The third-order valence-electron chi connectivity index (χ3n) is 10.0. The first-order chi connectivity index (χ1) is 22.7. The van der Waals surface area contributed by atoms with E-state index in [4.69, 9.17) is 39.2 Å². The predicted molar refractivity (Wildman–Crippen MR) is 205 cm³/mol. The van der Waals surface area contributed by atoms with Crippen LogP contribution in [0, 0.1) is 26.7 Å². The average molecular weight is 650 g/mol. The molecule has 0 spiro atoms. The minimum atomic E-state index is -1.96. The number of H-pyrrole nitrogens is 1. The molecule has 2 saturated heterocycles. The second-order valence-electron chi connectivity index (χ2n) is 13.9. The standard InChI is InChI=1S/C36H43B5N4O2S/c1-22-9-13-44(14-10-22)21-26-5-7-27(8-6-26)28-18-30(33(46)42-20-31-23(2)17-24(3)43-34(31)47)25(4)32(19-28)45(29-11-15-48-16-12-29)36(40,41)35(37,38)39/h5-8,17-19,22,29H,9-16,20-21H2,1-4H3,(H,42,46)(H,43,47). The summed E-state index contributed by atoms with van der Waals surface area (Å²) in [6.45, 7) is 11.1. The van der Waals surface area contributed by atoms with Gasteiger partial charge < -0.3 is 15.2 Å². The van der Waals surface area contributed by atoms with Crippen molar-refractivity contribution in [3.8, 4) is 11.1 Å². The number of amides is 1. The van der Waals surface area contributed by atoms with Gasteiger partial charge in [0.15, 0.2) is 0 Å². The van der Waals surface area contributed by atoms with Crippen molar-refractivity contribution in [1.29, 1.82) is 0 Å². The van der Waals surface area contributed by atoms with Gasteiger partial charge in [0.05, 0.1) is 39.2 Å². The van der Waals surface area contributed by atoms with Crippen LogP contribution in [0.25, 0.3) is 11.1 Å². The summed E-state index contributed by atoms with van der Waals surface area (Å²) in [5.41, 5.74) is 6.57. The van der Waals surface area contributed by atoms with Crippen molar-refractivity contribution < 1.29 is 4.79 Å². The Balaban J connectivity index is 1.56. The number of nitrogens with zero attached hydrogens (tertiary/aromatic N) is 2. The van der Waals surface area contributed by atoms with Gasteiger partial charge in [-0.05, 0) is 123 Å². The van der Waals surface area contributed by atoms with E-state index in [9.17, 15) is 9.59 Å². The second kappa shape index (κ2) is 15.0. The van der Waals surface area contributed by atoms with Gasteiger partial charge in [0.25, 0.3) is 11.5 Å². The number of thioether (sulfide) groups is 1. The summed E-state index contributed by atoms with van der Waals surface area (Å²) in [6.07, 6.45) is 4.04. The topological polar surface area (TPSA) is 68.4 Å². The lowest BCUT2D eigenvalue weighted by Crippen LogP contribution is -2.63. The van der Waals surface area contributed by atoms with Crippen molar-refractivity contribution in [1.82, 2.24) is 15.2 Å². The highest BCUT2D eigenvalue weighted by Gasteiger charge is 2.41. The molecule has 3 heterocycles. The highest BCUT2D eigenvalue weighted by atomic mass is 32.2. The molecule has 1 amide bonds. The Hall–Kier alpha value is -2.71. The Morgan fingerprint density at radius 2 is 1.60 bits per heavy atom. The molecule has 2 aliphatic rings. The van der Waals surface area contributed by atoms with Gasteiger partial charge in [-0.25, -0.2) is 0 Å². The number of pyridine rings is 1. The highest BCUT2D eigenvalue weighted by molar-refractivity contribution is 7.99. The van der Waals surface area contributed by atoms with E-state index in [0.717, 1.165) is 72.3 Å². The molecule has 0 aliphatic carbocycles. The summed E-state index contributed by atoms with van der Waals surface area (Å²) in [4.78, 5) is 33.9. The van der Waals surface area contributed by atoms with Crippen LogP contribution < -0.4 is 15.8 Å². The fourth-order valence-corrected chi connectivity index (χ4v) is 7.93. The van der Waals surface area contributed by atoms with Crippen LogP contribution in [-0.2, 0) is 13.1 Å². The monoisotopic (exact) mass is 650 g/mol. The zero-order valence-electron chi connectivity index (χ0n) is 28.8. The number of hydrogen-bond donors (Lipinski definition) is 2. The maximum absolute atomic E-state index is 14.0. The van der Waals surface area contributed by atoms with Gasteiger partial charge in [-0.1, -0.05) is 36.5 Å². The molecule has 12 heteroatoms. The van der Waals surface area contributed by atoms with Crippen LogP contribution in [0.3, 0.4) is 0 Å². The summed E-state index contributed by atoms with van der Waals surface area (Å²) in [7, 11) is 32.3. The minimum absolute atomic E-state index is 0.0715. The molecule has 3 aromatic rings. The molecular formula is C36H43B5N4O2S. The number of carbonyl (C=O) groups excluding carboxylic acids is 1. The van der Waals surface area contributed by atoms with Crippen molar-refractivity contribution in [3.05, 3.63) is 86.3 Å². The molecule has 2 aromatic carbocycles. The molecule has 0 bridgehead atoms. The maximum Gasteiger partial charge on any atom is 0.253 e. The summed E-state index contributed by atoms with van der Waals surface area (Å²) in [6, 6.07) is 14.1. The van der Waals surface area contributed by atoms with E-state index in [-0.39, 0.29) is 24.1 Å². The number of likely N-dealkylation sites (tertiary alicyclic amines) is 1. The Labute approximate surface area is 297 Å². The van der Waals surface area contributed by atoms with E-state index in [0.29, 0.717) is 22.4 Å². The van der Waals surface area contributed by atoms with Crippen molar-refractivity contribution in [2.75, 3.05) is 29.5 Å². The number of rotatable bonds is 10. The van der Waals surface area contributed by atoms with E-state index < -0.39 is 10.5 Å². The molecule has 1 aromatic heterocycles. The van der Waals surface area contributed by atoms with E-state index >= 15 is 0 Å². The SMILES string of the molecule is [B]C([B])([B])C([B])([B])N(c1cc(-c2ccc(CN3CCC(C)CC3)cc2)cc(C(=O)NCc2c(C)cc(C)[nH]c2=O)c1C)C1CCSCC1. The lowest BCUT2D eigenvalue weighted by molar-refractivity contribution is 0.0950. The molecule has 48 heavy (non-hydrogen) atoms. The number of benzene rings is 2. The van der Waals surface area contributed by atoms with Crippen LogP contribution in [0.2, 0.25) is 5.11 Å². The van der Waals surface area contributed by atoms with Crippen LogP contribution in [0.4, 0.5) is 5.69 Å². The third kappa shape index (κ3) is 8.18. The molecule has 5 rings (SSSR count). The van der Waals surface area contributed by atoms with Crippen LogP contribution >= 0.6 is 11.8 Å². The number of piperidine rings is 1. The number of carbonyl (C=O) groups is 1. The van der Waals surface area contributed by atoms with Crippen LogP contribution in [0.5, 0.6) is 0 Å². The fraction of sp³-hybridized carbons (Fsp3) is 0.500. The largest absolute Gasteiger partial charge is 0.381 e. The zero-order valence-corrected chi connectivity index (χ0v) is 29.6. The Kier molecular flexibility index (Phi) is 11.5. The predicted octanol–water partition coefficient (Wildman–Crippen LogP) is 4.40. The molecule has 10 radical (unpaired) electrons. The number of anilines is 1. The van der Waals surface area contributed by atoms with E-state index in [1.54, 1.807) is 0 Å². The van der Waals surface area contributed by atoms with Crippen molar-refractivity contribution in [2.24, 2.45) is 5.92 Å². The van der Waals surface area contributed by atoms with Crippen molar-refractivity contribution >= 4 is 62.6 Å². The van der Waals surface area contributed by atoms with Crippen LogP contribution in [0.15, 0.2) is 47.3 Å². The number of hydrogen-bond acceptors (Lipinski definition) is 5. The maximum atomic E-state index is 14.0. The summed E-state index contributed by atoms with van der Waals surface area (Å²) in [5, 5.41) is -0.821. The Morgan fingerprint density at radius 3 is 2.21 bits per heavy atom. The molecule has 2 N–H and O–H groups in total. The smallest absolute Gasteiger partial charge is 0.253 e. The molecule has 0 unspecified atom stereocenters. The van der Waals surface area contributed by atoms with E-state index in [1.807, 2.05) is 55.6 Å². The quantitative estimate of drug-likeness (QED) is 0.319.